The third-order valence-corrected chi connectivity index (χ3v) is 2.11. The molecule has 1 rings (SSSR count). The van der Waals surface area contributed by atoms with Gasteiger partial charge in [0.25, 0.3) is 0 Å². The van der Waals surface area contributed by atoms with Crippen LogP contribution in [0.4, 0.5) is 0 Å². The van der Waals surface area contributed by atoms with E-state index in [1.54, 1.807) is 0 Å². The summed E-state index contributed by atoms with van der Waals surface area (Å²) in [5.41, 5.74) is 1.24. The lowest BCUT2D eigenvalue weighted by Gasteiger charge is -2.03. The summed E-state index contributed by atoms with van der Waals surface area (Å²) in [4.78, 5) is 0. The second-order valence-electron chi connectivity index (χ2n) is 2.43. The van der Waals surface area contributed by atoms with Gasteiger partial charge in [0.2, 0.25) is 9.03 Å². The molecule has 1 atom stereocenters. The Balaban J connectivity index is 2.37. The van der Waals surface area contributed by atoms with E-state index >= 15 is 0 Å². The van der Waals surface area contributed by atoms with Gasteiger partial charge >= 0.3 is 0 Å². The first-order valence-electron chi connectivity index (χ1n) is 3.93. The van der Waals surface area contributed by atoms with E-state index < -0.39 is 0 Å². The van der Waals surface area contributed by atoms with E-state index in [0.717, 1.165) is 5.75 Å². The van der Waals surface area contributed by atoms with Gasteiger partial charge < -0.3 is 9.05 Å². The molecule has 1 aromatic rings. The zero-order valence-electron chi connectivity index (χ0n) is 7.33. The summed E-state index contributed by atoms with van der Waals surface area (Å²) in [5.74, 6) is 0.868. The summed E-state index contributed by atoms with van der Waals surface area (Å²) in [6.07, 6.45) is 0. The third kappa shape index (κ3) is 3.21. The Morgan fingerprint density at radius 3 is 2.50 bits per heavy atom. The second kappa shape index (κ2) is 5.13. The van der Waals surface area contributed by atoms with Gasteiger partial charge in [0.1, 0.15) is 5.75 Å². The first-order chi connectivity index (χ1) is 5.83. The van der Waals surface area contributed by atoms with Crippen LogP contribution in [0.5, 0.6) is 5.75 Å². The van der Waals surface area contributed by atoms with Crippen LogP contribution in [0.15, 0.2) is 24.3 Å². The molecule has 12 heavy (non-hydrogen) atoms. The lowest BCUT2D eigenvalue weighted by atomic mass is 10.2. The van der Waals surface area contributed by atoms with Crippen LogP contribution in [-0.4, -0.2) is 6.61 Å². The summed E-state index contributed by atoms with van der Waals surface area (Å²) < 4.78 is 10.4. The molecule has 2 nitrogen and oxygen atoms in total. The van der Waals surface area contributed by atoms with Crippen LogP contribution in [0.25, 0.3) is 0 Å². The Hall–Kier alpha value is -0.590. The van der Waals surface area contributed by atoms with E-state index in [1.165, 1.54) is 5.56 Å². The van der Waals surface area contributed by atoms with Crippen molar-refractivity contribution in [2.24, 2.45) is 0 Å². The molecule has 0 spiro atoms. The van der Waals surface area contributed by atoms with Gasteiger partial charge in [-0.1, -0.05) is 17.7 Å². The maximum Gasteiger partial charge on any atom is 0.215 e. The molecule has 0 aromatic heterocycles. The van der Waals surface area contributed by atoms with Gasteiger partial charge in [0, 0.05) is 0 Å². The van der Waals surface area contributed by atoms with Crippen molar-refractivity contribution >= 4 is 9.03 Å². The Labute approximate surface area is 74.8 Å². The van der Waals surface area contributed by atoms with E-state index in [1.807, 2.05) is 31.2 Å². The zero-order chi connectivity index (χ0) is 8.81. The van der Waals surface area contributed by atoms with E-state index in [2.05, 4.69) is 6.92 Å². The SMILES string of the molecule is CCOPOc1ccc(C)cc1. The van der Waals surface area contributed by atoms with Crippen LogP contribution < -0.4 is 4.52 Å². The van der Waals surface area contributed by atoms with Gasteiger partial charge in [0.05, 0.1) is 6.61 Å². The molecule has 0 bridgehead atoms. The summed E-state index contributed by atoms with van der Waals surface area (Å²) in [5, 5.41) is 0. The summed E-state index contributed by atoms with van der Waals surface area (Å²) >= 11 is 0. The van der Waals surface area contributed by atoms with Gasteiger partial charge in [-0.15, -0.1) is 0 Å². The van der Waals surface area contributed by atoms with E-state index in [0.29, 0.717) is 6.61 Å². The Bertz CT molecular complexity index is 220. The first-order valence-corrected chi connectivity index (χ1v) is 4.75. The molecular weight excluding hydrogens is 171 g/mol. The smallest absolute Gasteiger partial charge is 0.215 e. The predicted molar refractivity (Wildman–Crippen MR) is 51.7 cm³/mol. The molecule has 0 aliphatic carbocycles. The fourth-order valence-electron chi connectivity index (χ4n) is 0.743. The first kappa shape index (κ1) is 9.50. The molecule has 1 unspecified atom stereocenters. The van der Waals surface area contributed by atoms with Crippen LogP contribution >= 0.6 is 9.03 Å². The normalized spacial score (nSPS) is 10.8. The van der Waals surface area contributed by atoms with E-state index in [-0.39, 0.29) is 9.03 Å². The fraction of sp³-hybridized carbons (Fsp3) is 0.333. The number of hydrogen-bond donors (Lipinski definition) is 0. The molecule has 0 saturated carbocycles. The molecule has 0 radical (unpaired) electrons. The van der Waals surface area contributed by atoms with Crippen molar-refractivity contribution < 1.29 is 9.05 Å². The minimum Gasteiger partial charge on any atom is -0.450 e. The summed E-state index contributed by atoms with van der Waals surface area (Å²) in [6, 6.07) is 7.93. The zero-order valence-corrected chi connectivity index (χ0v) is 8.33. The number of benzene rings is 1. The lowest BCUT2D eigenvalue weighted by Crippen LogP contribution is -1.82. The monoisotopic (exact) mass is 184 g/mol. The van der Waals surface area contributed by atoms with Crippen LogP contribution in [0.2, 0.25) is 0 Å². The predicted octanol–water partition coefficient (Wildman–Crippen LogP) is 2.92. The fourth-order valence-corrected chi connectivity index (χ4v) is 1.15. The van der Waals surface area contributed by atoms with Gasteiger partial charge in [-0.3, -0.25) is 0 Å². The molecule has 0 fully saturated rings. The third-order valence-electron chi connectivity index (χ3n) is 1.38. The Morgan fingerprint density at radius 1 is 1.25 bits per heavy atom. The van der Waals surface area contributed by atoms with Crippen LogP contribution in [0.1, 0.15) is 12.5 Å². The largest absolute Gasteiger partial charge is 0.450 e. The van der Waals surface area contributed by atoms with Crippen molar-refractivity contribution in [3.63, 3.8) is 0 Å². The average molecular weight is 184 g/mol. The summed E-state index contributed by atoms with van der Waals surface area (Å²) in [6.45, 7) is 4.70. The molecule has 0 aliphatic heterocycles. The maximum atomic E-state index is 5.31. The van der Waals surface area contributed by atoms with E-state index in [9.17, 15) is 0 Å². The quantitative estimate of drug-likeness (QED) is 0.529. The molecular formula is C9H13O2P. The van der Waals surface area contributed by atoms with Gasteiger partial charge in [-0.05, 0) is 26.0 Å². The standard InChI is InChI=1S/C9H13O2P/c1-3-10-12-11-9-6-4-8(2)5-7-9/h4-7,12H,3H2,1-2H3. The topological polar surface area (TPSA) is 18.5 Å². The Kier molecular flexibility index (Phi) is 4.06. The highest BCUT2D eigenvalue weighted by molar-refractivity contribution is 7.26. The minimum absolute atomic E-state index is 0.106. The average Bonchev–Trinajstić information content (AvgIpc) is 2.09. The van der Waals surface area contributed by atoms with Crippen LogP contribution in [0, 0.1) is 6.92 Å². The molecule has 0 amide bonds. The second-order valence-corrected chi connectivity index (χ2v) is 3.09. The van der Waals surface area contributed by atoms with Crippen molar-refractivity contribution in [2.75, 3.05) is 6.61 Å². The van der Waals surface area contributed by atoms with E-state index in [4.69, 9.17) is 9.05 Å². The van der Waals surface area contributed by atoms with Crippen molar-refractivity contribution in [1.82, 2.24) is 0 Å². The van der Waals surface area contributed by atoms with Crippen LogP contribution in [-0.2, 0) is 4.52 Å². The lowest BCUT2D eigenvalue weighted by molar-refractivity contribution is 0.351. The molecule has 1 aromatic carbocycles. The number of rotatable bonds is 4. The highest BCUT2D eigenvalue weighted by Crippen LogP contribution is 2.21. The van der Waals surface area contributed by atoms with Crippen LogP contribution in [0.3, 0.4) is 0 Å². The maximum absolute atomic E-state index is 5.31. The molecule has 0 heterocycles. The molecule has 3 heteroatoms. The van der Waals surface area contributed by atoms with Gasteiger partial charge in [-0.2, -0.15) is 0 Å². The number of aryl methyl sites for hydroxylation is 1. The van der Waals surface area contributed by atoms with Gasteiger partial charge in [-0.25, -0.2) is 0 Å². The molecule has 0 aliphatic rings. The van der Waals surface area contributed by atoms with Crippen molar-refractivity contribution in [3.8, 4) is 5.75 Å². The Morgan fingerprint density at radius 2 is 1.92 bits per heavy atom. The minimum atomic E-state index is 0.106. The van der Waals surface area contributed by atoms with Crippen molar-refractivity contribution in [3.05, 3.63) is 29.8 Å². The molecule has 0 N–H and O–H groups in total. The molecule has 0 saturated heterocycles. The highest BCUT2D eigenvalue weighted by atomic mass is 31.1. The number of hydrogen-bond acceptors (Lipinski definition) is 2. The van der Waals surface area contributed by atoms with Crippen molar-refractivity contribution in [2.45, 2.75) is 13.8 Å². The highest BCUT2D eigenvalue weighted by Gasteiger charge is 1.91. The summed E-state index contributed by atoms with van der Waals surface area (Å²) in [7, 11) is 0.106. The van der Waals surface area contributed by atoms with Gasteiger partial charge in [0.15, 0.2) is 0 Å². The molecule has 66 valence electrons. The van der Waals surface area contributed by atoms with Crippen molar-refractivity contribution in [1.29, 1.82) is 0 Å².